The summed E-state index contributed by atoms with van der Waals surface area (Å²) in [6.07, 6.45) is 1.19. The number of aromatic hydroxyl groups is 1. The normalized spacial score (nSPS) is 11.4. The van der Waals surface area contributed by atoms with E-state index in [0.29, 0.717) is 12.8 Å². The summed E-state index contributed by atoms with van der Waals surface area (Å²) in [4.78, 5) is 0.248. The van der Waals surface area contributed by atoms with Crippen LogP contribution in [0, 0.1) is 11.8 Å². The van der Waals surface area contributed by atoms with Crippen LogP contribution >= 0.6 is 0 Å². The van der Waals surface area contributed by atoms with Gasteiger partial charge in [0.1, 0.15) is 5.75 Å². The van der Waals surface area contributed by atoms with Gasteiger partial charge in [0, 0.05) is 32.5 Å². The summed E-state index contributed by atoms with van der Waals surface area (Å²) in [6, 6.07) is 26.6. The topological polar surface area (TPSA) is 57.6 Å². The lowest BCUT2D eigenvalue weighted by atomic mass is 9.99. The maximum Gasteiger partial charge on any atom is 0.242 e. The number of nitrogens with zero attached hydrogens (tertiary/aromatic N) is 1. The first kappa shape index (κ1) is 22.6. The van der Waals surface area contributed by atoms with Crippen molar-refractivity contribution in [1.82, 2.24) is 4.31 Å². The Morgan fingerprint density at radius 2 is 1.55 bits per heavy atom. The van der Waals surface area contributed by atoms with Gasteiger partial charge < -0.3 is 5.11 Å². The third-order valence-corrected chi connectivity index (χ3v) is 7.33. The van der Waals surface area contributed by atoms with Crippen molar-refractivity contribution in [3.63, 3.8) is 0 Å². The first-order valence-corrected chi connectivity index (χ1v) is 12.1. The lowest BCUT2D eigenvalue weighted by molar-refractivity contribution is 0.470. The standard InChI is InChI=1S/C28H25NO3S/c1-29(2)33(31,32)27-15-12-23(13-16-27)18-26-19-25-17-22(11-14-24(25)20-28(26)30)10-6-9-21-7-4-3-5-8-21/h3-5,7-8,11-17,19-20,30H,9,18H2,1-2H3. The molecule has 0 amide bonds. The molecule has 0 radical (unpaired) electrons. The van der Waals surface area contributed by atoms with E-state index in [-0.39, 0.29) is 10.6 Å². The largest absolute Gasteiger partial charge is 0.508 e. The van der Waals surface area contributed by atoms with Crippen molar-refractivity contribution < 1.29 is 13.5 Å². The molecule has 33 heavy (non-hydrogen) atoms. The molecule has 4 nitrogen and oxygen atoms in total. The molecule has 4 rings (SSSR count). The van der Waals surface area contributed by atoms with Crippen molar-refractivity contribution in [1.29, 1.82) is 0 Å². The zero-order valence-electron chi connectivity index (χ0n) is 18.6. The van der Waals surface area contributed by atoms with Gasteiger partial charge in [0.15, 0.2) is 0 Å². The van der Waals surface area contributed by atoms with Crippen molar-refractivity contribution in [2.45, 2.75) is 17.7 Å². The van der Waals surface area contributed by atoms with Crippen LogP contribution < -0.4 is 0 Å². The van der Waals surface area contributed by atoms with E-state index < -0.39 is 10.0 Å². The van der Waals surface area contributed by atoms with Gasteiger partial charge in [-0.05, 0) is 63.9 Å². The molecule has 166 valence electrons. The van der Waals surface area contributed by atoms with E-state index in [1.165, 1.54) is 24.0 Å². The second-order valence-electron chi connectivity index (χ2n) is 8.12. The minimum Gasteiger partial charge on any atom is -0.508 e. The second kappa shape index (κ2) is 9.50. The zero-order chi connectivity index (χ0) is 23.4. The monoisotopic (exact) mass is 455 g/mol. The first-order chi connectivity index (χ1) is 15.8. The van der Waals surface area contributed by atoms with Crippen LogP contribution in [0.15, 0.2) is 89.8 Å². The minimum absolute atomic E-state index is 0.218. The molecule has 0 saturated heterocycles. The molecule has 0 aromatic heterocycles. The van der Waals surface area contributed by atoms with Gasteiger partial charge in [-0.25, -0.2) is 12.7 Å². The molecular weight excluding hydrogens is 430 g/mol. The minimum atomic E-state index is -3.46. The zero-order valence-corrected chi connectivity index (χ0v) is 19.4. The molecule has 4 aromatic rings. The number of benzene rings is 4. The van der Waals surface area contributed by atoms with Gasteiger partial charge in [-0.15, -0.1) is 0 Å². The van der Waals surface area contributed by atoms with E-state index in [9.17, 15) is 13.5 Å². The summed E-state index contributed by atoms with van der Waals surface area (Å²) in [6.45, 7) is 0. The summed E-state index contributed by atoms with van der Waals surface area (Å²) >= 11 is 0. The van der Waals surface area contributed by atoms with Crippen LogP contribution in [0.5, 0.6) is 5.75 Å². The van der Waals surface area contributed by atoms with Crippen LogP contribution in [0.2, 0.25) is 0 Å². The van der Waals surface area contributed by atoms with E-state index in [1.54, 1.807) is 30.3 Å². The van der Waals surface area contributed by atoms with Gasteiger partial charge in [0.2, 0.25) is 10.0 Å². The average Bonchev–Trinajstić information content (AvgIpc) is 2.81. The molecule has 0 bridgehead atoms. The molecule has 1 N–H and O–H groups in total. The number of hydrogen-bond acceptors (Lipinski definition) is 3. The molecule has 0 saturated carbocycles. The van der Waals surface area contributed by atoms with Gasteiger partial charge in [-0.3, -0.25) is 0 Å². The SMILES string of the molecule is CN(C)S(=O)(=O)c1ccc(Cc2cc3cc(C#CCc4ccccc4)ccc3cc2O)cc1. The van der Waals surface area contributed by atoms with Gasteiger partial charge in [0.05, 0.1) is 4.90 Å². The Bertz CT molecular complexity index is 1450. The molecule has 5 heteroatoms. The van der Waals surface area contributed by atoms with Gasteiger partial charge in [-0.1, -0.05) is 60.4 Å². The Hall–Kier alpha value is -3.59. The number of sulfonamides is 1. The van der Waals surface area contributed by atoms with Crippen LogP contribution in [0.25, 0.3) is 10.8 Å². The second-order valence-corrected chi connectivity index (χ2v) is 10.3. The highest BCUT2D eigenvalue weighted by atomic mass is 32.2. The lowest BCUT2D eigenvalue weighted by Crippen LogP contribution is -2.22. The fourth-order valence-corrected chi connectivity index (χ4v) is 4.51. The molecule has 0 spiro atoms. The third kappa shape index (κ3) is 5.25. The Morgan fingerprint density at radius 3 is 2.24 bits per heavy atom. The lowest BCUT2D eigenvalue weighted by Gasteiger charge is -2.12. The van der Waals surface area contributed by atoms with Crippen LogP contribution in [-0.4, -0.2) is 31.9 Å². The molecule has 0 fully saturated rings. The Morgan fingerprint density at radius 1 is 0.818 bits per heavy atom. The van der Waals surface area contributed by atoms with E-state index >= 15 is 0 Å². The predicted octanol–water partition coefficient (Wildman–Crippen LogP) is 4.98. The highest BCUT2D eigenvalue weighted by Gasteiger charge is 2.16. The molecule has 0 atom stereocenters. The molecule has 0 unspecified atom stereocenters. The van der Waals surface area contributed by atoms with Crippen LogP contribution in [0.4, 0.5) is 0 Å². The quantitative estimate of drug-likeness (QED) is 0.432. The smallest absolute Gasteiger partial charge is 0.242 e. The summed E-state index contributed by atoms with van der Waals surface area (Å²) in [5.74, 6) is 6.66. The fourth-order valence-electron chi connectivity index (χ4n) is 3.61. The van der Waals surface area contributed by atoms with Crippen LogP contribution in [0.1, 0.15) is 22.3 Å². The van der Waals surface area contributed by atoms with Crippen LogP contribution in [0.3, 0.4) is 0 Å². The number of phenols is 1. The number of fused-ring (bicyclic) bond motifs is 1. The van der Waals surface area contributed by atoms with Crippen molar-refractivity contribution in [2.75, 3.05) is 14.1 Å². The molecule has 4 aromatic carbocycles. The summed E-state index contributed by atoms with van der Waals surface area (Å²) in [5.41, 5.74) is 3.80. The predicted molar refractivity (Wildman–Crippen MR) is 133 cm³/mol. The van der Waals surface area contributed by atoms with Gasteiger partial charge in [0.25, 0.3) is 0 Å². The van der Waals surface area contributed by atoms with E-state index in [1.807, 2.05) is 42.5 Å². The van der Waals surface area contributed by atoms with Crippen LogP contribution in [-0.2, 0) is 22.9 Å². The van der Waals surface area contributed by atoms with E-state index in [2.05, 4.69) is 24.0 Å². The first-order valence-electron chi connectivity index (χ1n) is 10.6. The maximum absolute atomic E-state index is 12.3. The van der Waals surface area contributed by atoms with Crippen molar-refractivity contribution in [3.8, 4) is 17.6 Å². The summed E-state index contributed by atoms with van der Waals surface area (Å²) in [7, 11) is -0.442. The summed E-state index contributed by atoms with van der Waals surface area (Å²) in [5, 5.41) is 12.5. The molecule has 0 aliphatic carbocycles. The molecule has 0 heterocycles. The molecule has 0 aliphatic heterocycles. The highest BCUT2D eigenvalue weighted by molar-refractivity contribution is 7.89. The van der Waals surface area contributed by atoms with Gasteiger partial charge in [-0.2, -0.15) is 0 Å². The number of phenolic OH excluding ortho intramolecular Hbond substituents is 1. The molecule has 0 aliphatic rings. The average molecular weight is 456 g/mol. The van der Waals surface area contributed by atoms with E-state index in [0.717, 1.165) is 27.5 Å². The third-order valence-electron chi connectivity index (χ3n) is 5.50. The Labute approximate surface area is 195 Å². The van der Waals surface area contributed by atoms with Crippen molar-refractivity contribution in [2.24, 2.45) is 0 Å². The number of hydrogen-bond donors (Lipinski definition) is 1. The maximum atomic E-state index is 12.3. The number of rotatable bonds is 5. The highest BCUT2D eigenvalue weighted by Crippen LogP contribution is 2.28. The van der Waals surface area contributed by atoms with Gasteiger partial charge >= 0.3 is 0 Å². The van der Waals surface area contributed by atoms with Crippen molar-refractivity contribution >= 4 is 20.8 Å². The van der Waals surface area contributed by atoms with E-state index in [4.69, 9.17) is 0 Å². The fraction of sp³-hybridized carbons (Fsp3) is 0.143. The molecular formula is C28H25NO3S. The Balaban J connectivity index is 1.56. The Kier molecular flexibility index (Phi) is 6.50. The summed E-state index contributed by atoms with van der Waals surface area (Å²) < 4.78 is 25.7. The van der Waals surface area contributed by atoms with Crippen molar-refractivity contribution in [3.05, 3.63) is 107 Å².